The lowest BCUT2D eigenvalue weighted by Crippen LogP contribution is -2.39. The number of anilines is 1. The molecule has 1 aliphatic heterocycles. The fourth-order valence-electron chi connectivity index (χ4n) is 1.88. The van der Waals surface area contributed by atoms with Crippen molar-refractivity contribution in [3.05, 3.63) is 29.3 Å². The Labute approximate surface area is 98.8 Å². The number of rotatable bonds is 3. The van der Waals surface area contributed by atoms with Crippen LogP contribution in [0, 0.1) is 6.92 Å². The van der Waals surface area contributed by atoms with Gasteiger partial charge in [0.15, 0.2) is 0 Å². The van der Waals surface area contributed by atoms with Crippen LogP contribution in [0.25, 0.3) is 0 Å². The molecule has 17 heavy (non-hydrogen) atoms. The first-order chi connectivity index (χ1) is 8.04. The molecule has 0 saturated heterocycles. The molecule has 1 aromatic rings. The van der Waals surface area contributed by atoms with Gasteiger partial charge in [0.05, 0.1) is 23.9 Å². The minimum Gasteiger partial charge on any atom is -0.390 e. The van der Waals surface area contributed by atoms with E-state index in [2.05, 4.69) is 0 Å². The topological polar surface area (TPSA) is 83.6 Å². The predicted octanol–water partition coefficient (Wildman–Crippen LogP) is -0.156. The van der Waals surface area contributed by atoms with Crippen LogP contribution in [-0.4, -0.2) is 36.0 Å². The lowest BCUT2D eigenvalue weighted by molar-refractivity contribution is -0.114. The van der Waals surface area contributed by atoms with Gasteiger partial charge in [0.25, 0.3) is 11.7 Å². The van der Waals surface area contributed by atoms with Gasteiger partial charge in [-0.05, 0) is 19.1 Å². The molecule has 1 aromatic carbocycles. The molecule has 0 aromatic heterocycles. The predicted molar refractivity (Wildman–Crippen MR) is 62.9 cm³/mol. The fourth-order valence-corrected chi connectivity index (χ4v) is 1.88. The molecule has 1 aliphatic rings. The number of β-amino-alcohol motifs (C(OH)–C–C–N with tert-alkyl or cyclic N) is 1. The normalized spacial score (nSPS) is 16.3. The number of aryl methyl sites for hydroxylation is 1. The first-order valence-electron chi connectivity index (χ1n) is 5.39. The average molecular weight is 234 g/mol. The molecule has 1 heterocycles. The first kappa shape index (κ1) is 11.8. The van der Waals surface area contributed by atoms with Crippen LogP contribution in [0.15, 0.2) is 18.2 Å². The summed E-state index contributed by atoms with van der Waals surface area (Å²) in [5.41, 5.74) is 7.18. The Hall–Kier alpha value is -1.72. The van der Waals surface area contributed by atoms with Crippen molar-refractivity contribution in [1.29, 1.82) is 0 Å². The van der Waals surface area contributed by atoms with Crippen LogP contribution in [0.1, 0.15) is 15.9 Å². The summed E-state index contributed by atoms with van der Waals surface area (Å²) in [5.74, 6) is -1.12. The molecule has 0 fully saturated rings. The molecule has 2 rings (SSSR count). The number of fused-ring (bicyclic) bond motifs is 1. The van der Waals surface area contributed by atoms with Crippen molar-refractivity contribution in [3.8, 4) is 0 Å². The van der Waals surface area contributed by atoms with Crippen molar-refractivity contribution < 1.29 is 14.7 Å². The third-order valence-corrected chi connectivity index (χ3v) is 2.79. The van der Waals surface area contributed by atoms with Gasteiger partial charge in [-0.1, -0.05) is 11.6 Å². The Morgan fingerprint density at radius 2 is 2.12 bits per heavy atom. The second kappa shape index (κ2) is 4.27. The van der Waals surface area contributed by atoms with Crippen LogP contribution in [0.4, 0.5) is 5.69 Å². The summed E-state index contributed by atoms with van der Waals surface area (Å²) < 4.78 is 0. The Bertz CT molecular complexity index is 485. The van der Waals surface area contributed by atoms with Crippen LogP contribution < -0.4 is 10.6 Å². The van der Waals surface area contributed by atoms with Crippen molar-refractivity contribution in [2.75, 3.05) is 18.0 Å². The fraction of sp³-hybridized carbons (Fsp3) is 0.333. The molecule has 1 unspecified atom stereocenters. The molecule has 90 valence electrons. The van der Waals surface area contributed by atoms with Gasteiger partial charge >= 0.3 is 0 Å². The van der Waals surface area contributed by atoms with Crippen molar-refractivity contribution in [1.82, 2.24) is 0 Å². The van der Waals surface area contributed by atoms with E-state index < -0.39 is 17.8 Å². The zero-order valence-electron chi connectivity index (χ0n) is 9.51. The van der Waals surface area contributed by atoms with Gasteiger partial charge in [-0.25, -0.2) is 0 Å². The number of ketones is 1. The standard InChI is InChI=1S/C12H14N2O3/c1-7-2-3-10-9(4-7)11(16)12(17)14(10)6-8(15)5-13/h2-4,8,15H,5-6,13H2,1H3. The molecule has 0 bridgehead atoms. The van der Waals surface area contributed by atoms with E-state index >= 15 is 0 Å². The number of nitrogens with zero attached hydrogens (tertiary/aromatic N) is 1. The summed E-state index contributed by atoms with van der Waals surface area (Å²) in [6.07, 6.45) is -0.820. The minimum absolute atomic E-state index is 0.0527. The van der Waals surface area contributed by atoms with E-state index in [9.17, 15) is 14.7 Å². The van der Waals surface area contributed by atoms with E-state index in [1.54, 1.807) is 12.1 Å². The van der Waals surface area contributed by atoms with Crippen LogP contribution in [0.2, 0.25) is 0 Å². The second-order valence-corrected chi connectivity index (χ2v) is 4.16. The highest BCUT2D eigenvalue weighted by atomic mass is 16.3. The average Bonchev–Trinajstić information content (AvgIpc) is 2.54. The second-order valence-electron chi connectivity index (χ2n) is 4.16. The number of benzene rings is 1. The van der Waals surface area contributed by atoms with Gasteiger partial charge in [-0.15, -0.1) is 0 Å². The Morgan fingerprint density at radius 3 is 2.76 bits per heavy atom. The highest BCUT2D eigenvalue weighted by Crippen LogP contribution is 2.29. The maximum Gasteiger partial charge on any atom is 0.299 e. The lowest BCUT2D eigenvalue weighted by Gasteiger charge is -2.19. The number of hydrogen-bond donors (Lipinski definition) is 2. The van der Waals surface area contributed by atoms with Crippen LogP contribution in [0.5, 0.6) is 0 Å². The maximum atomic E-state index is 11.7. The summed E-state index contributed by atoms with van der Waals surface area (Å²) >= 11 is 0. The molecular weight excluding hydrogens is 220 g/mol. The van der Waals surface area contributed by atoms with E-state index in [-0.39, 0.29) is 13.1 Å². The monoisotopic (exact) mass is 234 g/mol. The summed E-state index contributed by atoms with van der Waals surface area (Å²) in [5, 5.41) is 9.47. The number of Topliss-reactive ketones (excluding diaryl/α,β-unsaturated/α-hetero) is 1. The highest BCUT2D eigenvalue weighted by molar-refractivity contribution is 6.52. The van der Waals surface area contributed by atoms with E-state index in [0.29, 0.717) is 11.3 Å². The molecule has 0 spiro atoms. The first-order valence-corrected chi connectivity index (χ1v) is 5.39. The zero-order chi connectivity index (χ0) is 12.6. The Balaban J connectivity index is 2.38. The van der Waals surface area contributed by atoms with Gasteiger partial charge in [-0.2, -0.15) is 0 Å². The molecule has 0 saturated carbocycles. The molecule has 1 atom stereocenters. The molecule has 5 nitrogen and oxygen atoms in total. The van der Waals surface area contributed by atoms with Crippen LogP contribution in [0.3, 0.4) is 0 Å². The third-order valence-electron chi connectivity index (χ3n) is 2.79. The summed E-state index contributed by atoms with van der Waals surface area (Å²) in [6, 6.07) is 5.23. The molecule has 0 aliphatic carbocycles. The van der Waals surface area contributed by atoms with Gasteiger partial charge in [0, 0.05) is 6.54 Å². The van der Waals surface area contributed by atoms with Crippen molar-refractivity contribution >= 4 is 17.4 Å². The molecule has 0 radical (unpaired) electrons. The van der Waals surface area contributed by atoms with Gasteiger partial charge in [0.2, 0.25) is 0 Å². The largest absolute Gasteiger partial charge is 0.390 e. The maximum absolute atomic E-state index is 11.7. The quantitative estimate of drug-likeness (QED) is 0.712. The molecular formula is C12H14N2O3. The lowest BCUT2D eigenvalue weighted by atomic mass is 10.1. The number of aliphatic hydroxyl groups is 1. The summed E-state index contributed by atoms with van der Waals surface area (Å²) in [7, 11) is 0. The Morgan fingerprint density at radius 1 is 1.41 bits per heavy atom. The number of carbonyl (C=O) groups excluding carboxylic acids is 2. The van der Waals surface area contributed by atoms with Crippen molar-refractivity contribution in [3.63, 3.8) is 0 Å². The van der Waals surface area contributed by atoms with Gasteiger partial charge in [-0.3, -0.25) is 9.59 Å². The van der Waals surface area contributed by atoms with E-state index in [4.69, 9.17) is 5.73 Å². The molecule has 1 amide bonds. The minimum atomic E-state index is -0.820. The molecule has 3 N–H and O–H groups in total. The van der Waals surface area contributed by atoms with Gasteiger partial charge < -0.3 is 15.7 Å². The van der Waals surface area contributed by atoms with Gasteiger partial charge in [0.1, 0.15) is 0 Å². The van der Waals surface area contributed by atoms with E-state index in [0.717, 1.165) is 5.56 Å². The van der Waals surface area contributed by atoms with Crippen molar-refractivity contribution in [2.24, 2.45) is 5.73 Å². The number of aliphatic hydroxyl groups excluding tert-OH is 1. The summed E-state index contributed by atoms with van der Waals surface area (Å²) in [6.45, 7) is 1.96. The number of amides is 1. The van der Waals surface area contributed by atoms with E-state index in [1.807, 2.05) is 13.0 Å². The number of hydrogen-bond acceptors (Lipinski definition) is 4. The third kappa shape index (κ3) is 1.94. The zero-order valence-corrected chi connectivity index (χ0v) is 9.51. The van der Waals surface area contributed by atoms with Crippen molar-refractivity contribution in [2.45, 2.75) is 13.0 Å². The highest BCUT2D eigenvalue weighted by Gasteiger charge is 2.36. The van der Waals surface area contributed by atoms with E-state index in [1.165, 1.54) is 4.90 Å². The van der Waals surface area contributed by atoms with Crippen LogP contribution >= 0.6 is 0 Å². The van der Waals surface area contributed by atoms with Crippen LogP contribution in [-0.2, 0) is 4.79 Å². The smallest absolute Gasteiger partial charge is 0.299 e. The molecule has 5 heteroatoms. The summed E-state index contributed by atoms with van der Waals surface area (Å²) in [4.78, 5) is 24.8. The Kier molecular flexibility index (Phi) is 2.95. The SMILES string of the molecule is Cc1ccc2c(c1)C(=O)C(=O)N2CC(O)CN. The number of carbonyl (C=O) groups is 2. The number of nitrogens with two attached hydrogens (primary N) is 1.